The summed E-state index contributed by atoms with van der Waals surface area (Å²) in [7, 11) is 1.63. The number of rotatable bonds is 3. The quantitative estimate of drug-likeness (QED) is 0.843. The molecule has 4 nitrogen and oxygen atoms in total. The maximum Gasteiger partial charge on any atom is 0.214 e. The summed E-state index contributed by atoms with van der Waals surface area (Å²) in [5, 5.41) is 3.43. The molecule has 16 heavy (non-hydrogen) atoms. The van der Waals surface area contributed by atoms with Crippen molar-refractivity contribution in [3.63, 3.8) is 0 Å². The molecule has 3 atom stereocenters. The predicted octanol–water partition coefficient (Wildman–Crippen LogP) is 1.82. The highest BCUT2D eigenvalue weighted by Gasteiger charge is 2.40. The maximum atomic E-state index is 5.79. The molecule has 2 bridgehead atoms. The minimum atomic E-state index is 0.373. The Hall–Kier alpha value is -1.29. The third-order valence-electron chi connectivity index (χ3n) is 3.37. The summed E-state index contributed by atoms with van der Waals surface area (Å²) in [5.41, 5.74) is 0. The Bertz CT molecular complexity index is 383. The molecule has 86 valence electrons. The van der Waals surface area contributed by atoms with E-state index in [1.807, 2.05) is 18.2 Å². The van der Waals surface area contributed by atoms with Gasteiger partial charge in [0, 0.05) is 6.07 Å². The molecule has 2 aliphatic heterocycles. The number of methoxy groups -OCH3 is 1. The summed E-state index contributed by atoms with van der Waals surface area (Å²) in [6, 6.07) is 6.18. The van der Waals surface area contributed by atoms with Crippen LogP contribution in [0.25, 0.3) is 0 Å². The van der Waals surface area contributed by atoms with Crippen LogP contribution in [0.4, 0.5) is 5.82 Å². The number of aromatic nitrogens is 1. The average Bonchev–Trinajstić information content (AvgIpc) is 2.91. The lowest BCUT2D eigenvalue weighted by molar-refractivity contribution is 0.102. The first-order valence-electron chi connectivity index (χ1n) is 5.78. The van der Waals surface area contributed by atoms with Gasteiger partial charge in [-0.2, -0.15) is 4.98 Å². The first kappa shape index (κ1) is 9.90. The SMILES string of the molecule is COc1cccc(NC2CC3CCC2O3)n1. The molecule has 3 heterocycles. The molecule has 0 amide bonds. The Morgan fingerprint density at radius 2 is 2.38 bits per heavy atom. The molecule has 0 aromatic carbocycles. The molecular weight excluding hydrogens is 204 g/mol. The smallest absolute Gasteiger partial charge is 0.214 e. The molecule has 2 saturated heterocycles. The number of hydrogen-bond acceptors (Lipinski definition) is 4. The van der Waals surface area contributed by atoms with Crippen molar-refractivity contribution in [2.75, 3.05) is 12.4 Å². The number of fused-ring (bicyclic) bond motifs is 2. The van der Waals surface area contributed by atoms with Gasteiger partial charge in [0.1, 0.15) is 5.82 Å². The van der Waals surface area contributed by atoms with Crippen LogP contribution in [-0.4, -0.2) is 30.3 Å². The van der Waals surface area contributed by atoms with E-state index in [0.29, 0.717) is 24.1 Å². The van der Waals surface area contributed by atoms with Gasteiger partial charge in [0.05, 0.1) is 25.4 Å². The first-order chi connectivity index (χ1) is 7.85. The number of anilines is 1. The molecule has 0 aliphatic carbocycles. The summed E-state index contributed by atoms with van der Waals surface area (Å²) in [4.78, 5) is 4.35. The van der Waals surface area contributed by atoms with Crippen LogP contribution >= 0.6 is 0 Å². The molecule has 3 rings (SSSR count). The van der Waals surface area contributed by atoms with Gasteiger partial charge in [-0.1, -0.05) is 6.07 Å². The lowest BCUT2D eigenvalue weighted by Gasteiger charge is -2.20. The van der Waals surface area contributed by atoms with Crippen LogP contribution < -0.4 is 10.1 Å². The van der Waals surface area contributed by atoms with E-state index in [1.165, 1.54) is 12.8 Å². The zero-order valence-corrected chi connectivity index (χ0v) is 9.35. The topological polar surface area (TPSA) is 43.4 Å². The third-order valence-corrected chi connectivity index (χ3v) is 3.37. The molecule has 2 aliphatic rings. The van der Waals surface area contributed by atoms with Crippen molar-refractivity contribution in [2.24, 2.45) is 0 Å². The van der Waals surface area contributed by atoms with E-state index in [-0.39, 0.29) is 0 Å². The van der Waals surface area contributed by atoms with Crippen molar-refractivity contribution >= 4 is 5.82 Å². The molecule has 2 fully saturated rings. The van der Waals surface area contributed by atoms with E-state index >= 15 is 0 Å². The zero-order valence-electron chi connectivity index (χ0n) is 9.35. The van der Waals surface area contributed by atoms with E-state index in [1.54, 1.807) is 7.11 Å². The fraction of sp³-hybridized carbons (Fsp3) is 0.583. The van der Waals surface area contributed by atoms with Crippen LogP contribution in [0.5, 0.6) is 5.88 Å². The second-order valence-electron chi connectivity index (χ2n) is 4.43. The maximum absolute atomic E-state index is 5.79. The van der Waals surface area contributed by atoms with E-state index < -0.39 is 0 Å². The first-order valence-corrected chi connectivity index (χ1v) is 5.78. The highest BCUT2D eigenvalue weighted by Crippen LogP contribution is 2.35. The summed E-state index contributed by atoms with van der Waals surface area (Å²) in [5.74, 6) is 1.52. The van der Waals surface area contributed by atoms with E-state index in [0.717, 1.165) is 12.2 Å². The van der Waals surface area contributed by atoms with Crippen molar-refractivity contribution < 1.29 is 9.47 Å². The molecule has 0 saturated carbocycles. The second kappa shape index (κ2) is 3.94. The molecule has 1 aromatic rings. The van der Waals surface area contributed by atoms with Gasteiger partial charge >= 0.3 is 0 Å². The number of ether oxygens (including phenoxy) is 2. The van der Waals surface area contributed by atoms with Crippen molar-refractivity contribution in [3.8, 4) is 5.88 Å². The van der Waals surface area contributed by atoms with E-state index in [2.05, 4.69) is 10.3 Å². The second-order valence-corrected chi connectivity index (χ2v) is 4.43. The standard InChI is InChI=1S/C12H16N2O2/c1-15-12-4-2-3-11(14-12)13-9-7-8-5-6-10(9)16-8/h2-4,8-10H,5-7H2,1H3,(H,13,14). The lowest BCUT2D eigenvalue weighted by atomic mass is 9.95. The van der Waals surface area contributed by atoms with Crippen molar-refractivity contribution in [3.05, 3.63) is 18.2 Å². The summed E-state index contributed by atoms with van der Waals surface area (Å²) in [6.07, 6.45) is 4.33. The van der Waals surface area contributed by atoms with Crippen LogP contribution in [0.15, 0.2) is 18.2 Å². The molecule has 0 spiro atoms. The van der Waals surface area contributed by atoms with Crippen molar-refractivity contribution in [1.29, 1.82) is 0 Å². The predicted molar refractivity (Wildman–Crippen MR) is 60.7 cm³/mol. The Labute approximate surface area is 95.0 Å². The summed E-state index contributed by atoms with van der Waals surface area (Å²) >= 11 is 0. The third kappa shape index (κ3) is 1.73. The van der Waals surface area contributed by atoms with Crippen LogP contribution in [-0.2, 0) is 4.74 Å². The van der Waals surface area contributed by atoms with Crippen LogP contribution in [0.1, 0.15) is 19.3 Å². The largest absolute Gasteiger partial charge is 0.481 e. The van der Waals surface area contributed by atoms with Crippen LogP contribution in [0, 0.1) is 0 Å². The normalized spacial score (nSPS) is 31.7. The van der Waals surface area contributed by atoms with Gasteiger partial charge in [0.15, 0.2) is 0 Å². The minimum absolute atomic E-state index is 0.373. The van der Waals surface area contributed by atoms with Gasteiger partial charge in [0.25, 0.3) is 0 Å². The number of nitrogens with zero attached hydrogens (tertiary/aromatic N) is 1. The zero-order chi connectivity index (χ0) is 11.0. The average molecular weight is 220 g/mol. The molecular formula is C12H16N2O2. The number of pyridine rings is 1. The highest BCUT2D eigenvalue weighted by molar-refractivity contribution is 5.39. The molecule has 1 N–H and O–H groups in total. The summed E-state index contributed by atoms with van der Waals surface area (Å²) < 4.78 is 10.9. The molecule has 1 aromatic heterocycles. The van der Waals surface area contributed by atoms with Crippen molar-refractivity contribution in [1.82, 2.24) is 4.98 Å². The number of nitrogens with one attached hydrogen (secondary N) is 1. The van der Waals surface area contributed by atoms with Crippen LogP contribution in [0.3, 0.4) is 0 Å². The Kier molecular flexibility index (Phi) is 2.44. The van der Waals surface area contributed by atoms with Crippen LogP contribution in [0.2, 0.25) is 0 Å². The number of hydrogen-bond donors (Lipinski definition) is 1. The fourth-order valence-electron chi connectivity index (χ4n) is 2.59. The Morgan fingerprint density at radius 3 is 3.06 bits per heavy atom. The Balaban J connectivity index is 1.69. The Morgan fingerprint density at radius 1 is 1.44 bits per heavy atom. The van der Waals surface area contributed by atoms with E-state index in [4.69, 9.17) is 9.47 Å². The van der Waals surface area contributed by atoms with Crippen molar-refractivity contribution in [2.45, 2.75) is 37.5 Å². The van der Waals surface area contributed by atoms with E-state index in [9.17, 15) is 0 Å². The van der Waals surface area contributed by atoms with Gasteiger partial charge in [-0.15, -0.1) is 0 Å². The van der Waals surface area contributed by atoms with Gasteiger partial charge in [0.2, 0.25) is 5.88 Å². The molecule has 0 radical (unpaired) electrons. The van der Waals surface area contributed by atoms with Gasteiger partial charge < -0.3 is 14.8 Å². The molecule has 3 unspecified atom stereocenters. The minimum Gasteiger partial charge on any atom is -0.481 e. The fourth-order valence-corrected chi connectivity index (χ4v) is 2.59. The van der Waals surface area contributed by atoms with Gasteiger partial charge in [-0.3, -0.25) is 0 Å². The van der Waals surface area contributed by atoms with Gasteiger partial charge in [-0.05, 0) is 25.3 Å². The highest BCUT2D eigenvalue weighted by atomic mass is 16.5. The molecule has 4 heteroatoms. The summed E-state index contributed by atoms with van der Waals surface area (Å²) in [6.45, 7) is 0. The monoisotopic (exact) mass is 220 g/mol. The lowest BCUT2D eigenvalue weighted by Crippen LogP contribution is -2.30. The van der Waals surface area contributed by atoms with Gasteiger partial charge in [-0.25, -0.2) is 0 Å².